The molecule has 1 fully saturated rings. The minimum absolute atomic E-state index is 0.0342. The van der Waals surface area contributed by atoms with Crippen molar-refractivity contribution in [2.75, 3.05) is 24.6 Å². The molecule has 1 atom stereocenters. The van der Waals surface area contributed by atoms with Crippen molar-refractivity contribution in [3.8, 4) is 0 Å². The van der Waals surface area contributed by atoms with E-state index >= 15 is 0 Å². The second-order valence-electron chi connectivity index (χ2n) is 5.89. The number of rotatable bonds is 4. The summed E-state index contributed by atoms with van der Waals surface area (Å²) < 4.78 is 5.56. The number of carbonyl (C=O) groups excluding carboxylic acids is 2. The van der Waals surface area contributed by atoms with Gasteiger partial charge in [0, 0.05) is 12.2 Å². The van der Waals surface area contributed by atoms with E-state index in [0.717, 1.165) is 11.3 Å². The second-order valence-corrected chi connectivity index (χ2v) is 6.84. The Labute approximate surface area is 145 Å². The van der Waals surface area contributed by atoms with E-state index in [1.54, 1.807) is 11.0 Å². The Kier molecular flexibility index (Phi) is 4.97. The van der Waals surface area contributed by atoms with Crippen LogP contribution in [0, 0.1) is 13.8 Å². The van der Waals surface area contributed by atoms with Gasteiger partial charge in [-0.25, -0.2) is 0 Å². The Morgan fingerprint density at radius 1 is 1.33 bits per heavy atom. The summed E-state index contributed by atoms with van der Waals surface area (Å²) in [6, 6.07) is 9.61. The Morgan fingerprint density at radius 2 is 2.17 bits per heavy atom. The quantitative estimate of drug-likeness (QED) is 0.927. The molecule has 0 aliphatic carbocycles. The summed E-state index contributed by atoms with van der Waals surface area (Å²) in [6.07, 6.45) is -0.215. The third-order valence-electron chi connectivity index (χ3n) is 4.17. The molecule has 2 amide bonds. The summed E-state index contributed by atoms with van der Waals surface area (Å²) in [6.45, 7) is 4.93. The summed E-state index contributed by atoms with van der Waals surface area (Å²) in [5, 5.41) is 4.74. The van der Waals surface area contributed by atoms with Gasteiger partial charge in [0.1, 0.15) is 6.61 Å². The van der Waals surface area contributed by atoms with Crippen LogP contribution in [0.3, 0.4) is 0 Å². The standard InChI is InChI=1S/C18H20N2O3S/c1-12-5-6-14(8-13(12)2)20-10-15(23-11-17(20)21)9-19-18(22)16-4-3-7-24-16/h3-8,15H,9-11H2,1-2H3,(H,19,22). The number of hydrogen-bond donors (Lipinski definition) is 1. The van der Waals surface area contributed by atoms with Crippen LogP contribution in [0.1, 0.15) is 20.8 Å². The van der Waals surface area contributed by atoms with Crippen LogP contribution in [0.25, 0.3) is 0 Å². The summed E-state index contributed by atoms with van der Waals surface area (Å²) in [7, 11) is 0. The molecule has 1 N–H and O–H groups in total. The molecular formula is C18H20N2O3S. The molecule has 1 aliphatic rings. The van der Waals surface area contributed by atoms with E-state index < -0.39 is 0 Å². The van der Waals surface area contributed by atoms with Gasteiger partial charge in [-0.2, -0.15) is 0 Å². The number of nitrogens with zero attached hydrogens (tertiary/aromatic N) is 1. The van der Waals surface area contributed by atoms with Crippen LogP contribution in [0.4, 0.5) is 5.69 Å². The Morgan fingerprint density at radius 3 is 2.88 bits per heavy atom. The van der Waals surface area contributed by atoms with Crippen molar-refractivity contribution in [3.05, 3.63) is 51.7 Å². The van der Waals surface area contributed by atoms with Gasteiger partial charge < -0.3 is 15.0 Å². The van der Waals surface area contributed by atoms with Crippen molar-refractivity contribution in [3.63, 3.8) is 0 Å². The molecule has 1 aromatic heterocycles. The molecule has 1 aliphatic heterocycles. The Hall–Kier alpha value is -2.18. The summed E-state index contributed by atoms with van der Waals surface area (Å²) in [5.74, 6) is -0.165. The van der Waals surface area contributed by atoms with Gasteiger partial charge in [0.05, 0.1) is 17.5 Å². The average molecular weight is 344 g/mol. The number of morpholine rings is 1. The van der Waals surface area contributed by atoms with E-state index in [9.17, 15) is 9.59 Å². The molecular weight excluding hydrogens is 324 g/mol. The van der Waals surface area contributed by atoms with E-state index in [4.69, 9.17) is 4.74 Å². The van der Waals surface area contributed by atoms with Gasteiger partial charge in [0.15, 0.2) is 0 Å². The predicted molar refractivity (Wildman–Crippen MR) is 94.7 cm³/mol. The molecule has 5 nitrogen and oxygen atoms in total. The number of hydrogen-bond acceptors (Lipinski definition) is 4. The number of benzene rings is 1. The van der Waals surface area contributed by atoms with E-state index in [1.165, 1.54) is 16.9 Å². The molecule has 2 heterocycles. The summed E-state index contributed by atoms with van der Waals surface area (Å²) in [4.78, 5) is 26.6. The van der Waals surface area contributed by atoms with Crippen molar-refractivity contribution in [2.24, 2.45) is 0 Å². The van der Waals surface area contributed by atoms with Crippen molar-refractivity contribution in [1.82, 2.24) is 5.32 Å². The van der Waals surface area contributed by atoms with Gasteiger partial charge in [0.2, 0.25) is 0 Å². The van der Waals surface area contributed by atoms with E-state index in [0.29, 0.717) is 18.0 Å². The first-order valence-electron chi connectivity index (χ1n) is 7.85. The lowest BCUT2D eigenvalue weighted by atomic mass is 10.1. The minimum atomic E-state index is -0.215. The highest BCUT2D eigenvalue weighted by molar-refractivity contribution is 7.12. The molecule has 126 valence electrons. The topological polar surface area (TPSA) is 58.6 Å². The lowest BCUT2D eigenvalue weighted by Crippen LogP contribution is -2.50. The van der Waals surface area contributed by atoms with Crippen LogP contribution in [-0.2, 0) is 9.53 Å². The zero-order valence-electron chi connectivity index (χ0n) is 13.7. The van der Waals surface area contributed by atoms with Crippen LogP contribution in [0.15, 0.2) is 35.7 Å². The van der Waals surface area contributed by atoms with Gasteiger partial charge in [-0.1, -0.05) is 12.1 Å². The molecule has 0 saturated carbocycles. The Balaban J connectivity index is 1.63. The van der Waals surface area contributed by atoms with Crippen LogP contribution < -0.4 is 10.2 Å². The number of thiophene rings is 1. The number of aryl methyl sites for hydroxylation is 2. The lowest BCUT2D eigenvalue weighted by Gasteiger charge is -2.33. The molecule has 2 aromatic rings. The van der Waals surface area contributed by atoms with Gasteiger partial charge in [-0.3, -0.25) is 9.59 Å². The van der Waals surface area contributed by atoms with Crippen molar-refractivity contribution >= 4 is 28.8 Å². The highest BCUT2D eigenvalue weighted by Crippen LogP contribution is 2.21. The minimum Gasteiger partial charge on any atom is -0.365 e. The van der Waals surface area contributed by atoms with Gasteiger partial charge >= 0.3 is 0 Å². The molecule has 6 heteroatoms. The molecule has 1 saturated heterocycles. The van der Waals surface area contributed by atoms with Crippen molar-refractivity contribution in [2.45, 2.75) is 20.0 Å². The molecule has 1 unspecified atom stereocenters. The zero-order valence-corrected chi connectivity index (χ0v) is 14.6. The largest absolute Gasteiger partial charge is 0.365 e. The first kappa shape index (κ1) is 16.7. The third-order valence-corrected chi connectivity index (χ3v) is 5.04. The van der Waals surface area contributed by atoms with Crippen LogP contribution in [-0.4, -0.2) is 37.6 Å². The fourth-order valence-corrected chi connectivity index (χ4v) is 3.23. The number of ether oxygens (including phenoxy) is 1. The zero-order chi connectivity index (χ0) is 17.1. The molecule has 0 bridgehead atoms. The maximum Gasteiger partial charge on any atom is 0.261 e. The highest BCUT2D eigenvalue weighted by Gasteiger charge is 2.28. The molecule has 3 rings (SSSR count). The van der Waals surface area contributed by atoms with Gasteiger partial charge in [-0.15, -0.1) is 11.3 Å². The van der Waals surface area contributed by atoms with Gasteiger partial charge in [0.25, 0.3) is 11.8 Å². The highest BCUT2D eigenvalue weighted by atomic mass is 32.1. The van der Waals surface area contributed by atoms with E-state index in [1.807, 2.05) is 43.5 Å². The van der Waals surface area contributed by atoms with Gasteiger partial charge in [-0.05, 0) is 48.6 Å². The fourth-order valence-electron chi connectivity index (χ4n) is 2.59. The molecule has 24 heavy (non-hydrogen) atoms. The van der Waals surface area contributed by atoms with E-state index in [-0.39, 0.29) is 24.5 Å². The third kappa shape index (κ3) is 3.66. The molecule has 0 spiro atoms. The van der Waals surface area contributed by atoms with Crippen LogP contribution >= 0.6 is 11.3 Å². The lowest BCUT2D eigenvalue weighted by molar-refractivity contribution is -0.129. The second kappa shape index (κ2) is 7.15. The van der Waals surface area contributed by atoms with Crippen LogP contribution in [0.5, 0.6) is 0 Å². The maximum atomic E-state index is 12.2. The van der Waals surface area contributed by atoms with Crippen molar-refractivity contribution < 1.29 is 14.3 Å². The monoisotopic (exact) mass is 344 g/mol. The summed E-state index contributed by atoms with van der Waals surface area (Å²) >= 11 is 1.40. The number of nitrogens with one attached hydrogen (secondary N) is 1. The molecule has 0 radical (unpaired) electrons. The summed E-state index contributed by atoms with van der Waals surface area (Å²) in [5.41, 5.74) is 3.22. The number of carbonyl (C=O) groups is 2. The maximum absolute atomic E-state index is 12.2. The first-order valence-corrected chi connectivity index (χ1v) is 8.73. The van der Waals surface area contributed by atoms with Crippen molar-refractivity contribution in [1.29, 1.82) is 0 Å². The SMILES string of the molecule is Cc1ccc(N2CC(CNC(=O)c3cccs3)OCC2=O)cc1C. The van der Waals surface area contributed by atoms with Crippen LogP contribution in [0.2, 0.25) is 0 Å². The Bertz CT molecular complexity index is 743. The predicted octanol–water partition coefficient (Wildman–Crippen LogP) is 2.53. The van der Waals surface area contributed by atoms with E-state index in [2.05, 4.69) is 5.32 Å². The molecule has 1 aromatic carbocycles. The average Bonchev–Trinajstić information content (AvgIpc) is 3.11. The first-order chi connectivity index (χ1) is 11.5. The number of amides is 2. The normalized spacial score (nSPS) is 17.8. The number of anilines is 1. The fraction of sp³-hybridized carbons (Fsp3) is 0.333. The smallest absolute Gasteiger partial charge is 0.261 e.